The molecule has 0 fully saturated rings. The van der Waals surface area contributed by atoms with Crippen LogP contribution in [0.1, 0.15) is 143 Å². The summed E-state index contributed by atoms with van der Waals surface area (Å²) in [5, 5.41) is 9.62. The quantitative estimate of drug-likeness (QED) is 0.0754. The maximum Gasteiger partial charge on any atom is 0.195 e. The molecular weight excluding hydrogens is 375 g/mol. The van der Waals surface area contributed by atoms with E-state index >= 15 is 0 Å². The van der Waals surface area contributed by atoms with Gasteiger partial charge in [0.1, 0.15) is 0 Å². The highest BCUT2D eigenvalue weighted by Gasteiger charge is 2.42. The zero-order chi connectivity index (χ0) is 21.6. The van der Waals surface area contributed by atoms with Crippen molar-refractivity contribution in [3.8, 4) is 0 Å². The fourth-order valence-corrected chi connectivity index (χ4v) is 9.12. The van der Waals surface area contributed by atoms with Crippen LogP contribution in [0, 0.1) is 0 Å². The van der Waals surface area contributed by atoms with Gasteiger partial charge < -0.3 is 0 Å². The average Bonchev–Trinajstić information content (AvgIpc) is 2.74. The van der Waals surface area contributed by atoms with Gasteiger partial charge in [-0.15, -0.1) is 0 Å². The highest BCUT2D eigenvalue weighted by molar-refractivity contribution is 7.76. The van der Waals surface area contributed by atoms with Crippen LogP contribution in [0.4, 0.5) is 0 Å². The summed E-state index contributed by atoms with van der Waals surface area (Å²) in [6, 6.07) is 0. The topological polar surface area (TPSA) is 29.5 Å². The number of hydrogen-bond donors (Lipinski definition) is 1. The van der Waals surface area contributed by atoms with Gasteiger partial charge in [-0.3, -0.25) is 0 Å². The highest BCUT2D eigenvalue weighted by atomic mass is 31.2. The lowest BCUT2D eigenvalue weighted by Gasteiger charge is -2.31. The maximum atomic E-state index is 9.62. The molecule has 0 amide bonds. The van der Waals surface area contributed by atoms with Gasteiger partial charge >= 0.3 is 0 Å². The highest BCUT2D eigenvalue weighted by Crippen LogP contribution is 2.65. The van der Waals surface area contributed by atoms with Crippen LogP contribution in [-0.4, -0.2) is 29.6 Å². The third-order valence-electron chi connectivity index (χ3n) is 6.79. The van der Waals surface area contributed by atoms with Crippen LogP contribution in [0.25, 0.3) is 0 Å². The Kier molecular flexibility index (Phi) is 21.8. The van der Waals surface area contributed by atoms with Gasteiger partial charge in [-0.2, -0.15) is 4.89 Å². The standard InChI is InChI=1S/C26H55O2P/c1-5-8-11-14-17-20-23-29(26(4)28-27,24-21-18-15-12-9-6-2)25-22-19-16-13-10-7-3/h26H,5-25H2,1-4H3/p+1. The van der Waals surface area contributed by atoms with Crippen LogP contribution in [0.15, 0.2) is 0 Å². The summed E-state index contributed by atoms with van der Waals surface area (Å²) < 4.78 is 0. The lowest BCUT2D eigenvalue weighted by Crippen LogP contribution is -2.22. The summed E-state index contributed by atoms with van der Waals surface area (Å²) >= 11 is 0. The summed E-state index contributed by atoms with van der Waals surface area (Å²) in [6.07, 6.45) is 28.6. The van der Waals surface area contributed by atoms with E-state index in [4.69, 9.17) is 4.89 Å². The van der Waals surface area contributed by atoms with E-state index in [0.717, 1.165) is 0 Å². The van der Waals surface area contributed by atoms with Gasteiger partial charge in [0.2, 0.25) is 0 Å². The summed E-state index contributed by atoms with van der Waals surface area (Å²) in [4.78, 5) is 5.05. The van der Waals surface area contributed by atoms with Gasteiger partial charge in [-0.05, 0) is 45.4 Å². The van der Waals surface area contributed by atoms with Crippen LogP contribution in [0.5, 0.6) is 0 Å². The molecule has 0 aromatic rings. The first-order chi connectivity index (χ1) is 14.2. The van der Waals surface area contributed by atoms with Crippen LogP contribution in [0.3, 0.4) is 0 Å². The van der Waals surface area contributed by atoms with E-state index < -0.39 is 7.26 Å². The van der Waals surface area contributed by atoms with Crippen molar-refractivity contribution in [1.29, 1.82) is 0 Å². The molecule has 1 N–H and O–H groups in total. The molecule has 0 aromatic carbocycles. The lowest BCUT2D eigenvalue weighted by atomic mass is 10.1. The Morgan fingerprint density at radius 2 is 0.793 bits per heavy atom. The number of hydrogen-bond acceptors (Lipinski definition) is 2. The average molecular weight is 432 g/mol. The molecule has 29 heavy (non-hydrogen) atoms. The van der Waals surface area contributed by atoms with Crippen LogP contribution >= 0.6 is 7.26 Å². The van der Waals surface area contributed by atoms with Gasteiger partial charge in [0.25, 0.3) is 0 Å². The first kappa shape index (κ1) is 29.4. The summed E-state index contributed by atoms with van der Waals surface area (Å²) in [5.41, 5.74) is 0. The Hall–Kier alpha value is 0.350. The molecular formula is C26H56O2P+. The second kappa shape index (κ2) is 21.6. The van der Waals surface area contributed by atoms with Crippen molar-refractivity contribution in [1.82, 2.24) is 0 Å². The molecule has 0 bridgehead atoms. The number of unbranched alkanes of at least 4 members (excludes halogenated alkanes) is 15. The summed E-state index contributed by atoms with van der Waals surface area (Å²) in [6.45, 7) is 9.03. The Bertz CT molecular complexity index is 281. The fraction of sp³-hybridized carbons (Fsp3) is 1.00. The Labute approximate surface area is 185 Å². The smallest absolute Gasteiger partial charge is 0.195 e. The molecule has 0 radical (unpaired) electrons. The van der Waals surface area contributed by atoms with E-state index in [1.807, 2.05) is 0 Å². The lowest BCUT2D eigenvalue weighted by molar-refractivity contribution is -0.252. The monoisotopic (exact) mass is 431 g/mol. The molecule has 1 atom stereocenters. The van der Waals surface area contributed by atoms with Crippen molar-refractivity contribution in [2.75, 3.05) is 18.5 Å². The van der Waals surface area contributed by atoms with Crippen LogP contribution in [0.2, 0.25) is 0 Å². The minimum Gasteiger partial charge on any atom is -0.248 e. The predicted octanol–water partition coefficient (Wildman–Crippen LogP) is 9.92. The molecule has 1 unspecified atom stereocenters. The van der Waals surface area contributed by atoms with Gasteiger partial charge in [0, 0.05) is 7.26 Å². The molecule has 176 valence electrons. The summed E-state index contributed by atoms with van der Waals surface area (Å²) in [5.74, 6) is 0.0735. The minimum absolute atomic E-state index is 0.0735. The van der Waals surface area contributed by atoms with E-state index in [2.05, 4.69) is 27.7 Å². The zero-order valence-corrected chi connectivity index (χ0v) is 21.6. The van der Waals surface area contributed by atoms with Crippen molar-refractivity contribution in [3.63, 3.8) is 0 Å². The molecule has 0 aliphatic rings. The van der Waals surface area contributed by atoms with Crippen LogP contribution < -0.4 is 0 Å². The van der Waals surface area contributed by atoms with E-state index in [0.29, 0.717) is 0 Å². The van der Waals surface area contributed by atoms with Crippen LogP contribution in [-0.2, 0) is 4.89 Å². The van der Waals surface area contributed by atoms with Gasteiger partial charge in [-0.25, -0.2) is 5.26 Å². The van der Waals surface area contributed by atoms with E-state index in [1.165, 1.54) is 134 Å². The van der Waals surface area contributed by atoms with Crippen molar-refractivity contribution in [2.24, 2.45) is 0 Å². The Morgan fingerprint density at radius 3 is 1.07 bits per heavy atom. The molecule has 0 aliphatic carbocycles. The minimum atomic E-state index is -1.23. The predicted molar refractivity (Wildman–Crippen MR) is 135 cm³/mol. The van der Waals surface area contributed by atoms with E-state index in [9.17, 15) is 5.26 Å². The molecule has 0 aromatic heterocycles. The second-order valence-corrected chi connectivity index (χ2v) is 13.9. The van der Waals surface area contributed by atoms with Crippen molar-refractivity contribution >= 4 is 7.26 Å². The molecule has 0 aliphatic heterocycles. The molecule has 0 rings (SSSR count). The fourth-order valence-electron chi connectivity index (χ4n) is 4.60. The largest absolute Gasteiger partial charge is 0.248 e. The molecule has 0 spiro atoms. The first-order valence-electron chi connectivity index (χ1n) is 13.3. The third kappa shape index (κ3) is 15.8. The second-order valence-electron chi connectivity index (χ2n) is 9.40. The third-order valence-corrected chi connectivity index (χ3v) is 12.1. The van der Waals surface area contributed by atoms with Crippen molar-refractivity contribution in [2.45, 2.75) is 149 Å². The van der Waals surface area contributed by atoms with Gasteiger partial charge in [-0.1, -0.05) is 97.8 Å². The first-order valence-corrected chi connectivity index (χ1v) is 15.7. The molecule has 3 heteroatoms. The Balaban J connectivity index is 4.62. The maximum absolute atomic E-state index is 9.62. The molecule has 0 heterocycles. The molecule has 2 nitrogen and oxygen atoms in total. The van der Waals surface area contributed by atoms with Crippen molar-refractivity contribution in [3.05, 3.63) is 0 Å². The SMILES string of the molecule is CCCCCCCC[P+](CCCCCCCC)(CCCCCCCC)C(C)OO. The van der Waals surface area contributed by atoms with E-state index in [1.54, 1.807) is 0 Å². The molecule has 0 saturated carbocycles. The summed E-state index contributed by atoms with van der Waals surface area (Å²) in [7, 11) is -1.23. The van der Waals surface area contributed by atoms with Gasteiger partial charge in [0.15, 0.2) is 5.85 Å². The van der Waals surface area contributed by atoms with Gasteiger partial charge in [0.05, 0.1) is 18.5 Å². The number of rotatable bonds is 23. The van der Waals surface area contributed by atoms with E-state index in [-0.39, 0.29) is 5.85 Å². The Morgan fingerprint density at radius 1 is 0.517 bits per heavy atom. The van der Waals surface area contributed by atoms with Crippen molar-refractivity contribution < 1.29 is 10.1 Å². The molecule has 0 saturated heterocycles. The zero-order valence-electron chi connectivity index (χ0n) is 20.7. The normalized spacial score (nSPS) is 13.1.